The van der Waals surface area contributed by atoms with E-state index in [1.54, 1.807) is 11.8 Å². The fourth-order valence-electron chi connectivity index (χ4n) is 1.62. The molecule has 0 saturated carbocycles. The fraction of sp³-hybridized carbons (Fsp3) is 0.154. The van der Waals surface area contributed by atoms with Crippen LogP contribution in [0.15, 0.2) is 29.2 Å². The summed E-state index contributed by atoms with van der Waals surface area (Å²) >= 11 is 15.2. The molecule has 0 aliphatic heterocycles. The van der Waals surface area contributed by atoms with Crippen LogP contribution >= 0.6 is 46.3 Å². The summed E-state index contributed by atoms with van der Waals surface area (Å²) in [5, 5.41) is 1.27. The lowest BCUT2D eigenvalue weighted by Gasteiger charge is -2.06. The second-order valence-corrected chi connectivity index (χ2v) is 7.06. The molecule has 2 rings (SSSR count). The molecule has 0 unspecified atom stereocenters. The molecule has 1 heterocycles. The van der Waals surface area contributed by atoms with Crippen LogP contribution in [0.4, 0.5) is 0 Å². The maximum absolute atomic E-state index is 11.5. The standard InChI is InChI=1S/C13H12Cl2N2OS2/c1-7-8(5-11(20-7)13(18)17-16)6-19-12-9(14)3-2-4-10(12)15/h2-5H,6,16H2,1H3,(H,17,18). The van der Waals surface area contributed by atoms with Crippen LogP contribution < -0.4 is 11.3 Å². The summed E-state index contributed by atoms with van der Waals surface area (Å²) in [6, 6.07) is 7.28. The number of carbonyl (C=O) groups is 1. The number of halogens is 2. The van der Waals surface area contributed by atoms with Crippen LogP contribution in [-0.2, 0) is 5.75 Å². The number of benzene rings is 1. The Kier molecular flexibility index (Phi) is 5.35. The number of nitrogen functional groups attached to an aromatic ring is 1. The number of hydrogen-bond acceptors (Lipinski definition) is 4. The molecule has 1 aromatic carbocycles. The summed E-state index contributed by atoms with van der Waals surface area (Å²) < 4.78 is 0. The molecule has 106 valence electrons. The molecule has 0 aliphatic carbocycles. The van der Waals surface area contributed by atoms with E-state index in [4.69, 9.17) is 29.0 Å². The molecule has 3 nitrogen and oxygen atoms in total. The quantitative estimate of drug-likeness (QED) is 0.376. The maximum Gasteiger partial charge on any atom is 0.275 e. The highest BCUT2D eigenvalue weighted by molar-refractivity contribution is 7.98. The number of rotatable bonds is 4. The maximum atomic E-state index is 11.5. The first kappa shape index (κ1) is 15.7. The molecule has 0 bridgehead atoms. The molecule has 0 fully saturated rings. The Morgan fingerprint density at radius 3 is 2.65 bits per heavy atom. The molecular formula is C13H12Cl2N2OS2. The normalized spacial score (nSPS) is 10.6. The zero-order valence-corrected chi connectivity index (χ0v) is 13.7. The molecule has 0 spiro atoms. The van der Waals surface area contributed by atoms with Gasteiger partial charge in [-0.1, -0.05) is 29.3 Å². The van der Waals surface area contributed by atoms with Gasteiger partial charge in [-0.05, 0) is 30.7 Å². The highest BCUT2D eigenvalue weighted by Gasteiger charge is 2.13. The number of nitrogens with one attached hydrogen (secondary N) is 1. The van der Waals surface area contributed by atoms with Gasteiger partial charge in [0.15, 0.2) is 0 Å². The molecule has 1 amide bonds. The number of hydrogen-bond donors (Lipinski definition) is 2. The predicted octanol–water partition coefficient (Wildman–Crippen LogP) is 4.26. The van der Waals surface area contributed by atoms with Gasteiger partial charge in [0.25, 0.3) is 5.91 Å². The first-order chi connectivity index (χ1) is 9.52. The minimum atomic E-state index is -0.273. The van der Waals surface area contributed by atoms with Crippen LogP contribution in [0, 0.1) is 6.92 Å². The average Bonchev–Trinajstić information content (AvgIpc) is 2.79. The smallest absolute Gasteiger partial charge is 0.275 e. The lowest BCUT2D eigenvalue weighted by molar-refractivity contribution is 0.0957. The summed E-state index contributed by atoms with van der Waals surface area (Å²) in [5.41, 5.74) is 3.21. The third-order valence-electron chi connectivity index (χ3n) is 2.67. The Labute approximate surface area is 135 Å². The molecule has 0 aliphatic rings. The van der Waals surface area contributed by atoms with Crippen LogP contribution in [0.1, 0.15) is 20.1 Å². The van der Waals surface area contributed by atoms with Crippen molar-refractivity contribution in [3.05, 3.63) is 49.6 Å². The Bertz CT molecular complexity index is 623. The second-order valence-electron chi connectivity index (χ2n) is 4.00. The molecule has 2 aromatic rings. The number of thiophene rings is 1. The van der Waals surface area contributed by atoms with Crippen molar-refractivity contribution in [1.29, 1.82) is 0 Å². The summed E-state index contributed by atoms with van der Waals surface area (Å²) in [5.74, 6) is 5.56. The van der Waals surface area contributed by atoms with Crippen LogP contribution in [0.25, 0.3) is 0 Å². The van der Waals surface area contributed by atoms with E-state index in [2.05, 4.69) is 5.43 Å². The van der Waals surface area contributed by atoms with E-state index >= 15 is 0 Å². The number of amides is 1. The van der Waals surface area contributed by atoms with Gasteiger partial charge in [-0.3, -0.25) is 10.2 Å². The lowest BCUT2D eigenvalue weighted by Crippen LogP contribution is -2.29. The van der Waals surface area contributed by atoms with Crippen molar-refractivity contribution in [3.63, 3.8) is 0 Å². The Balaban J connectivity index is 2.15. The van der Waals surface area contributed by atoms with Crippen molar-refractivity contribution in [2.24, 2.45) is 5.84 Å². The zero-order chi connectivity index (χ0) is 14.7. The lowest BCUT2D eigenvalue weighted by atomic mass is 10.3. The van der Waals surface area contributed by atoms with Gasteiger partial charge in [0.1, 0.15) is 0 Å². The van der Waals surface area contributed by atoms with Crippen molar-refractivity contribution < 1.29 is 4.79 Å². The van der Waals surface area contributed by atoms with Crippen molar-refractivity contribution in [1.82, 2.24) is 5.43 Å². The van der Waals surface area contributed by atoms with E-state index in [1.807, 2.05) is 31.2 Å². The summed E-state index contributed by atoms with van der Waals surface area (Å²) in [7, 11) is 0. The van der Waals surface area contributed by atoms with Gasteiger partial charge in [0.2, 0.25) is 0 Å². The number of thioether (sulfide) groups is 1. The van der Waals surface area contributed by atoms with E-state index in [-0.39, 0.29) is 5.91 Å². The van der Waals surface area contributed by atoms with E-state index < -0.39 is 0 Å². The summed E-state index contributed by atoms with van der Waals surface area (Å²) in [4.78, 5) is 14.0. The minimum absolute atomic E-state index is 0.273. The van der Waals surface area contributed by atoms with E-state index in [1.165, 1.54) is 11.3 Å². The average molecular weight is 347 g/mol. The van der Waals surface area contributed by atoms with Crippen LogP contribution in [0.2, 0.25) is 10.0 Å². The molecule has 0 atom stereocenters. The fourth-order valence-corrected chi connectivity index (χ4v) is 4.39. The SMILES string of the molecule is Cc1sc(C(=O)NN)cc1CSc1c(Cl)cccc1Cl. The van der Waals surface area contributed by atoms with Gasteiger partial charge in [0, 0.05) is 15.5 Å². The van der Waals surface area contributed by atoms with Gasteiger partial charge in [-0.25, -0.2) is 5.84 Å². The molecule has 3 N–H and O–H groups in total. The number of hydrazine groups is 1. The minimum Gasteiger partial charge on any atom is -0.289 e. The van der Waals surface area contributed by atoms with Crippen molar-refractivity contribution in [3.8, 4) is 0 Å². The molecular weight excluding hydrogens is 335 g/mol. The number of nitrogens with two attached hydrogens (primary N) is 1. The van der Waals surface area contributed by atoms with Gasteiger partial charge < -0.3 is 0 Å². The monoisotopic (exact) mass is 346 g/mol. The van der Waals surface area contributed by atoms with Gasteiger partial charge >= 0.3 is 0 Å². The number of carbonyl (C=O) groups excluding carboxylic acids is 1. The Morgan fingerprint density at radius 2 is 2.05 bits per heavy atom. The second kappa shape index (κ2) is 6.83. The van der Waals surface area contributed by atoms with Crippen LogP contribution in [-0.4, -0.2) is 5.91 Å². The molecule has 20 heavy (non-hydrogen) atoms. The van der Waals surface area contributed by atoms with E-state index in [0.717, 1.165) is 15.3 Å². The van der Waals surface area contributed by atoms with Crippen LogP contribution in [0.3, 0.4) is 0 Å². The van der Waals surface area contributed by atoms with E-state index in [9.17, 15) is 4.79 Å². The summed E-state index contributed by atoms with van der Waals surface area (Å²) in [6.45, 7) is 1.97. The summed E-state index contributed by atoms with van der Waals surface area (Å²) in [6.07, 6.45) is 0. The van der Waals surface area contributed by atoms with Gasteiger partial charge in [-0.15, -0.1) is 23.1 Å². The zero-order valence-electron chi connectivity index (χ0n) is 10.6. The van der Waals surface area contributed by atoms with Crippen molar-refractivity contribution >= 4 is 52.2 Å². The van der Waals surface area contributed by atoms with E-state index in [0.29, 0.717) is 20.7 Å². The third-order valence-corrected chi connectivity index (χ3v) is 5.80. The molecule has 1 aromatic heterocycles. The first-order valence-corrected chi connectivity index (χ1v) is 8.25. The Hall–Kier alpha value is -0.720. The molecule has 7 heteroatoms. The number of aryl methyl sites for hydroxylation is 1. The first-order valence-electron chi connectivity index (χ1n) is 5.70. The molecule has 0 saturated heterocycles. The topological polar surface area (TPSA) is 55.1 Å². The highest BCUT2D eigenvalue weighted by atomic mass is 35.5. The highest BCUT2D eigenvalue weighted by Crippen LogP contribution is 2.37. The largest absolute Gasteiger partial charge is 0.289 e. The van der Waals surface area contributed by atoms with Crippen molar-refractivity contribution in [2.75, 3.05) is 0 Å². The van der Waals surface area contributed by atoms with Gasteiger partial charge in [0.05, 0.1) is 14.9 Å². The predicted molar refractivity (Wildman–Crippen MR) is 86.7 cm³/mol. The Morgan fingerprint density at radius 1 is 1.40 bits per heavy atom. The van der Waals surface area contributed by atoms with Crippen LogP contribution in [0.5, 0.6) is 0 Å². The van der Waals surface area contributed by atoms with Crippen molar-refractivity contribution in [2.45, 2.75) is 17.6 Å². The molecule has 0 radical (unpaired) electrons. The van der Waals surface area contributed by atoms with Gasteiger partial charge in [-0.2, -0.15) is 0 Å². The third kappa shape index (κ3) is 3.48.